The SMILES string of the molecule is CC(=O)N(CCC(=O)NCC1CCCO1)c1ccc(C(C)C)cc1. The monoisotopic (exact) mass is 332 g/mol. The zero-order valence-electron chi connectivity index (χ0n) is 14.9. The number of hydrogen-bond acceptors (Lipinski definition) is 3. The van der Waals surface area contributed by atoms with Gasteiger partial charge in [0.1, 0.15) is 0 Å². The van der Waals surface area contributed by atoms with Gasteiger partial charge in [-0.25, -0.2) is 0 Å². The van der Waals surface area contributed by atoms with Crippen molar-refractivity contribution in [2.75, 3.05) is 24.6 Å². The Bertz CT molecular complexity index is 548. The van der Waals surface area contributed by atoms with Gasteiger partial charge >= 0.3 is 0 Å². The van der Waals surface area contributed by atoms with Crippen molar-refractivity contribution in [1.29, 1.82) is 0 Å². The molecule has 1 saturated heterocycles. The van der Waals surface area contributed by atoms with Crippen LogP contribution in [0.3, 0.4) is 0 Å². The van der Waals surface area contributed by atoms with E-state index in [0.29, 0.717) is 19.0 Å². The number of carbonyl (C=O) groups is 2. The maximum atomic E-state index is 12.0. The Hall–Kier alpha value is -1.88. The number of rotatable bonds is 7. The molecule has 0 aromatic heterocycles. The number of nitrogens with zero attached hydrogens (tertiary/aromatic N) is 1. The standard InChI is InChI=1S/C19H28N2O3/c1-14(2)16-6-8-17(9-7-16)21(15(3)22)11-10-19(23)20-13-18-5-4-12-24-18/h6-9,14,18H,4-5,10-13H2,1-3H3,(H,20,23). The molecule has 1 aliphatic rings. The van der Waals surface area contributed by atoms with E-state index in [0.717, 1.165) is 25.1 Å². The molecule has 1 aromatic rings. The minimum Gasteiger partial charge on any atom is -0.376 e. The zero-order chi connectivity index (χ0) is 17.5. The van der Waals surface area contributed by atoms with Crippen molar-refractivity contribution in [1.82, 2.24) is 5.32 Å². The molecule has 0 saturated carbocycles. The molecule has 132 valence electrons. The van der Waals surface area contributed by atoms with Crippen LogP contribution in [0.2, 0.25) is 0 Å². The van der Waals surface area contributed by atoms with Crippen LogP contribution in [-0.4, -0.2) is 37.6 Å². The summed E-state index contributed by atoms with van der Waals surface area (Å²) in [6, 6.07) is 7.96. The summed E-state index contributed by atoms with van der Waals surface area (Å²) in [5.41, 5.74) is 2.07. The van der Waals surface area contributed by atoms with Gasteiger partial charge in [-0.05, 0) is 36.5 Å². The number of nitrogens with one attached hydrogen (secondary N) is 1. The number of hydrogen-bond donors (Lipinski definition) is 1. The van der Waals surface area contributed by atoms with Gasteiger partial charge < -0.3 is 15.0 Å². The molecule has 1 aromatic carbocycles. The van der Waals surface area contributed by atoms with Gasteiger partial charge in [0.25, 0.3) is 0 Å². The van der Waals surface area contributed by atoms with Crippen LogP contribution in [0.1, 0.15) is 51.5 Å². The van der Waals surface area contributed by atoms with Gasteiger partial charge in [0.15, 0.2) is 0 Å². The van der Waals surface area contributed by atoms with E-state index in [1.54, 1.807) is 4.90 Å². The highest BCUT2D eigenvalue weighted by molar-refractivity contribution is 5.92. The average Bonchev–Trinajstić information content (AvgIpc) is 3.06. The normalized spacial score (nSPS) is 17.1. The second-order valence-electron chi connectivity index (χ2n) is 6.61. The van der Waals surface area contributed by atoms with Crippen molar-refractivity contribution in [3.8, 4) is 0 Å². The van der Waals surface area contributed by atoms with Gasteiger partial charge in [-0.3, -0.25) is 9.59 Å². The maximum absolute atomic E-state index is 12.0. The molecule has 1 heterocycles. The van der Waals surface area contributed by atoms with Crippen molar-refractivity contribution in [3.63, 3.8) is 0 Å². The van der Waals surface area contributed by atoms with Crippen LogP contribution in [0.5, 0.6) is 0 Å². The van der Waals surface area contributed by atoms with E-state index in [4.69, 9.17) is 4.74 Å². The molecule has 5 nitrogen and oxygen atoms in total. The molecule has 2 rings (SSSR count). The van der Waals surface area contributed by atoms with Gasteiger partial charge in [-0.1, -0.05) is 26.0 Å². The first-order valence-corrected chi connectivity index (χ1v) is 8.73. The summed E-state index contributed by atoms with van der Waals surface area (Å²) in [5.74, 6) is 0.350. The number of ether oxygens (including phenoxy) is 1. The molecular weight excluding hydrogens is 304 g/mol. The number of carbonyl (C=O) groups excluding carboxylic acids is 2. The van der Waals surface area contributed by atoms with Crippen molar-refractivity contribution in [2.24, 2.45) is 0 Å². The lowest BCUT2D eigenvalue weighted by molar-refractivity contribution is -0.121. The molecule has 0 spiro atoms. The fourth-order valence-electron chi connectivity index (χ4n) is 2.84. The number of benzene rings is 1. The summed E-state index contributed by atoms with van der Waals surface area (Å²) >= 11 is 0. The summed E-state index contributed by atoms with van der Waals surface area (Å²) in [4.78, 5) is 25.6. The minimum atomic E-state index is -0.0563. The van der Waals surface area contributed by atoms with Crippen molar-refractivity contribution < 1.29 is 14.3 Å². The van der Waals surface area contributed by atoms with Crippen molar-refractivity contribution >= 4 is 17.5 Å². The molecule has 1 unspecified atom stereocenters. The average molecular weight is 332 g/mol. The van der Waals surface area contributed by atoms with Crippen LogP contribution in [0.15, 0.2) is 24.3 Å². The van der Waals surface area contributed by atoms with E-state index in [-0.39, 0.29) is 24.3 Å². The maximum Gasteiger partial charge on any atom is 0.223 e. The Morgan fingerprint density at radius 2 is 2.00 bits per heavy atom. The number of anilines is 1. The van der Waals surface area contributed by atoms with E-state index in [2.05, 4.69) is 19.2 Å². The first-order valence-electron chi connectivity index (χ1n) is 8.73. The van der Waals surface area contributed by atoms with Crippen LogP contribution in [0.4, 0.5) is 5.69 Å². The summed E-state index contributed by atoms with van der Waals surface area (Å²) in [5, 5.41) is 2.89. The molecule has 0 radical (unpaired) electrons. The van der Waals surface area contributed by atoms with E-state index in [1.807, 2.05) is 24.3 Å². The van der Waals surface area contributed by atoms with Crippen LogP contribution < -0.4 is 10.2 Å². The first-order chi connectivity index (χ1) is 11.5. The second-order valence-corrected chi connectivity index (χ2v) is 6.61. The van der Waals surface area contributed by atoms with Crippen LogP contribution in [0, 0.1) is 0 Å². The third-order valence-corrected chi connectivity index (χ3v) is 4.36. The highest BCUT2D eigenvalue weighted by Crippen LogP contribution is 2.20. The van der Waals surface area contributed by atoms with E-state index in [9.17, 15) is 9.59 Å². The van der Waals surface area contributed by atoms with Gasteiger partial charge in [0.2, 0.25) is 11.8 Å². The third-order valence-electron chi connectivity index (χ3n) is 4.36. The molecule has 1 fully saturated rings. The van der Waals surface area contributed by atoms with Gasteiger partial charge in [0, 0.05) is 38.7 Å². The highest BCUT2D eigenvalue weighted by atomic mass is 16.5. The molecule has 1 atom stereocenters. The molecule has 1 aliphatic heterocycles. The fraction of sp³-hybridized carbons (Fsp3) is 0.579. The van der Waals surface area contributed by atoms with Crippen LogP contribution in [0.25, 0.3) is 0 Å². The van der Waals surface area contributed by atoms with Gasteiger partial charge in [-0.2, -0.15) is 0 Å². The highest BCUT2D eigenvalue weighted by Gasteiger charge is 2.17. The predicted octanol–water partition coefficient (Wildman–Crippen LogP) is 2.85. The smallest absolute Gasteiger partial charge is 0.223 e. The quantitative estimate of drug-likeness (QED) is 0.835. The van der Waals surface area contributed by atoms with Gasteiger partial charge in [0.05, 0.1) is 6.10 Å². The first kappa shape index (κ1) is 18.5. The topological polar surface area (TPSA) is 58.6 Å². The third kappa shape index (κ3) is 5.34. The molecule has 0 bridgehead atoms. The van der Waals surface area contributed by atoms with Crippen LogP contribution in [-0.2, 0) is 14.3 Å². The Morgan fingerprint density at radius 1 is 1.29 bits per heavy atom. The Kier molecular flexibility index (Phi) is 6.79. The minimum absolute atomic E-state index is 0.0458. The fourth-order valence-corrected chi connectivity index (χ4v) is 2.84. The Labute approximate surface area is 144 Å². The van der Waals surface area contributed by atoms with Gasteiger partial charge in [-0.15, -0.1) is 0 Å². The lowest BCUT2D eigenvalue weighted by Gasteiger charge is -2.22. The lowest BCUT2D eigenvalue weighted by atomic mass is 10.0. The molecule has 1 N–H and O–H groups in total. The van der Waals surface area contributed by atoms with E-state index in [1.165, 1.54) is 12.5 Å². The lowest BCUT2D eigenvalue weighted by Crippen LogP contribution is -2.36. The Balaban J connectivity index is 1.86. The molecule has 24 heavy (non-hydrogen) atoms. The zero-order valence-corrected chi connectivity index (χ0v) is 14.9. The van der Waals surface area contributed by atoms with E-state index < -0.39 is 0 Å². The number of amides is 2. The molecule has 0 aliphatic carbocycles. The summed E-state index contributed by atoms with van der Waals surface area (Å²) in [7, 11) is 0. The molecule has 5 heteroatoms. The predicted molar refractivity (Wildman–Crippen MR) is 95.2 cm³/mol. The van der Waals surface area contributed by atoms with Crippen molar-refractivity contribution in [2.45, 2.75) is 52.1 Å². The van der Waals surface area contributed by atoms with E-state index >= 15 is 0 Å². The largest absolute Gasteiger partial charge is 0.376 e. The van der Waals surface area contributed by atoms with Crippen LogP contribution >= 0.6 is 0 Å². The summed E-state index contributed by atoms with van der Waals surface area (Å²) in [6.45, 7) is 7.52. The summed E-state index contributed by atoms with van der Waals surface area (Å²) in [6.07, 6.45) is 2.49. The Morgan fingerprint density at radius 3 is 2.54 bits per heavy atom. The second kappa shape index (κ2) is 8.83. The summed E-state index contributed by atoms with van der Waals surface area (Å²) < 4.78 is 5.49. The van der Waals surface area contributed by atoms with Crippen molar-refractivity contribution in [3.05, 3.63) is 29.8 Å². The molecule has 2 amide bonds. The molecular formula is C19H28N2O3.